The van der Waals surface area contributed by atoms with Gasteiger partial charge in [-0.05, 0) is 18.6 Å². The maximum Gasteiger partial charge on any atom is 0.243 e. The minimum atomic E-state index is -0.0466. The van der Waals surface area contributed by atoms with Gasteiger partial charge in [-0.2, -0.15) is 0 Å². The molecule has 9 heteroatoms. The summed E-state index contributed by atoms with van der Waals surface area (Å²) in [5.74, 6) is 1.45. The lowest BCUT2D eigenvalue weighted by atomic mass is 10.3. The van der Waals surface area contributed by atoms with Crippen molar-refractivity contribution >= 4 is 47.2 Å². The van der Waals surface area contributed by atoms with Crippen LogP contribution in [-0.2, 0) is 24.2 Å². The number of nitrogens with zero attached hydrogens (tertiary/aromatic N) is 3. The second kappa shape index (κ2) is 11.9. The lowest BCUT2D eigenvalue weighted by Crippen LogP contribution is -2.39. The molecule has 0 spiro atoms. The van der Waals surface area contributed by atoms with Gasteiger partial charge in [-0.25, -0.2) is 9.98 Å². The first-order valence-corrected chi connectivity index (χ1v) is 9.08. The highest BCUT2D eigenvalue weighted by atomic mass is 127. The number of likely N-dealkylation sites (N-methyl/N-ethyl adjacent to an activating group) is 1. The number of nitrogens with one attached hydrogen (secondary N) is 2. The van der Waals surface area contributed by atoms with Crippen LogP contribution in [0.4, 0.5) is 0 Å². The molecule has 1 amide bonds. The zero-order valence-electron chi connectivity index (χ0n) is 15.3. The Hall–Kier alpha value is -1.62. The highest BCUT2D eigenvalue weighted by Crippen LogP contribution is 2.12. The maximum absolute atomic E-state index is 11.8. The summed E-state index contributed by atoms with van der Waals surface area (Å²) in [6, 6.07) is 3.80. The number of carbonyl (C=O) groups is 1. The second-order valence-corrected chi connectivity index (χ2v) is 6.84. The SMILES string of the molecule is CCc1cnc(CNC(=NCC(=O)N(C)C)NCCc2ccco2)s1.I. The molecule has 0 fully saturated rings. The van der Waals surface area contributed by atoms with Gasteiger partial charge >= 0.3 is 0 Å². The second-order valence-electron chi connectivity index (χ2n) is 5.64. The third kappa shape index (κ3) is 7.73. The molecule has 144 valence electrons. The molecular formula is C17H26IN5O2S. The van der Waals surface area contributed by atoms with Crippen LogP contribution in [0.25, 0.3) is 0 Å². The lowest BCUT2D eigenvalue weighted by Gasteiger charge is -2.12. The van der Waals surface area contributed by atoms with Crippen LogP contribution in [0.1, 0.15) is 22.6 Å². The van der Waals surface area contributed by atoms with Crippen molar-refractivity contribution in [2.45, 2.75) is 26.3 Å². The van der Waals surface area contributed by atoms with Crippen molar-refractivity contribution in [3.8, 4) is 0 Å². The number of carbonyl (C=O) groups excluding carboxylic acids is 1. The first-order chi connectivity index (χ1) is 12.1. The molecule has 26 heavy (non-hydrogen) atoms. The molecule has 2 rings (SSSR count). The number of furan rings is 1. The van der Waals surface area contributed by atoms with Gasteiger partial charge in [0.2, 0.25) is 5.91 Å². The molecule has 0 saturated carbocycles. The van der Waals surface area contributed by atoms with Gasteiger partial charge in [0.05, 0.1) is 12.8 Å². The van der Waals surface area contributed by atoms with Crippen LogP contribution in [0, 0.1) is 0 Å². The number of aryl methyl sites for hydroxylation is 1. The van der Waals surface area contributed by atoms with Crippen LogP contribution in [0.5, 0.6) is 0 Å². The van der Waals surface area contributed by atoms with E-state index >= 15 is 0 Å². The molecule has 0 aromatic carbocycles. The number of guanidine groups is 1. The van der Waals surface area contributed by atoms with Crippen molar-refractivity contribution < 1.29 is 9.21 Å². The van der Waals surface area contributed by atoms with E-state index in [1.807, 2.05) is 18.3 Å². The molecule has 2 aromatic heterocycles. The van der Waals surface area contributed by atoms with Gasteiger partial charge in [0.1, 0.15) is 17.3 Å². The van der Waals surface area contributed by atoms with E-state index in [4.69, 9.17) is 4.42 Å². The summed E-state index contributed by atoms with van der Waals surface area (Å²) in [5.41, 5.74) is 0. The minimum absolute atomic E-state index is 0. The summed E-state index contributed by atoms with van der Waals surface area (Å²) >= 11 is 1.68. The van der Waals surface area contributed by atoms with Crippen molar-refractivity contribution in [2.75, 3.05) is 27.2 Å². The van der Waals surface area contributed by atoms with Crippen molar-refractivity contribution in [1.82, 2.24) is 20.5 Å². The van der Waals surface area contributed by atoms with Gasteiger partial charge in [-0.1, -0.05) is 6.92 Å². The summed E-state index contributed by atoms with van der Waals surface area (Å²) in [6.07, 6.45) is 5.29. The van der Waals surface area contributed by atoms with E-state index in [-0.39, 0.29) is 36.4 Å². The van der Waals surface area contributed by atoms with Gasteiger partial charge in [0, 0.05) is 38.1 Å². The fourth-order valence-electron chi connectivity index (χ4n) is 1.97. The van der Waals surface area contributed by atoms with E-state index in [0.717, 1.165) is 23.6 Å². The topological polar surface area (TPSA) is 82.8 Å². The molecular weight excluding hydrogens is 465 g/mol. The zero-order valence-corrected chi connectivity index (χ0v) is 18.5. The number of halogens is 1. The highest BCUT2D eigenvalue weighted by molar-refractivity contribution is 14.0. The Kier molecular flexibility index (Phi) is 10.3. The van der Waals surface area contributed by atoms with E-state index in [2.05, 4.69) is 27.5 Å². The number of hydrogen-bond donors (Lipinski definition) is 2. The van der Waals surface area contributed by atoms with Crippen LogP contribution >= 0.6 is 35.3 Å². The predicted octanol–water partition coefficient (Wildman–Crippen LogP) is 2.28. The Balaban J connectivity index is 0.00000338. The van der Waals surface area contributed by atoms with Gasteiger partial charge < -0.3 is 20.0 Å². The quantitative estimate of drug-likeness (QED) is 0.337. The van der Waals surface area contributed by atoms with Crippen LogP contribution in [0.3, 0.4) is 0 Å². The average Bonchev–Trinajstić information content (AvgIpc) is 3.27. The Labute approximate surface area is 175 Å². The van der Waals surface area contributed by atoms with Crippen molar-refractivity contribution in [2.24, 2.45) is 4.99 Å². The molecule has 0 aliphatic heterocycles. The Morgan fingerprint density at radius 1 is 1.38 bits per heavy atom. The molecule has 2 aromatic rings. The number of rotatable bonds is 8. The average molecular weight is 491 g/mol. The summed E-state index contributed by atoms with van der Waals surface area (Å²) in [6.45, 7) is 3.45. The number of aromatic nitrogens is 1. The Morgan fingerprint density at radius 2 is 2.19 bits per heavy atom. The molecule has 2 N–H and O–H groups in total. The van der Waals surface area contributed by atoms with Crippen molar-refractivity contribution in [3.63, 3.8) is 0 Å². The number of aliphatic imine (C=N–C) groups is 1. The summed E-state index contributed by atoms with van der Waals surface area (Å²) in [7, 11) is 3.44. The molecule has 0 radical (unpaired) electrons. The van der Waals surface area contributed by atoms with E-state index in [1.54, 1.807) is 31.7 Å². The number of thiazole rings is 1. The summed E-state index contributed by atoms with van der Waals surface area (Å²) < 4.78 is 5.32. The highest BCUT2D eigenvalue weighted by Gasteiger charge is 2.06. The fraction of sp³-hybridized carbons (Fsp3) is 0.471. The first-order valence-electron chi connectivity index (χ1n) is 8.26. The first kappa shape index (κ1) is 22.4. The molecule has 0 saturated heterocycles. The van der Waals surface area contributed by atoms with Crippen LogP contribution < -0.4 is 10.6 Å². The van der Waals surface area contributed by atoms with Gasteiger partial charge in [-0.3, -0.25) is 4.79 Å². The normalized spacial score (nSPS) is 11.0. The monoisotopic (exact) mass is 491 g/mol. The van der Waals surface area contributed by atoms with E-state index in [9.17, 15) is 4.79 Å². The fourth-order valence-corrected chi connectivity index (χ4v) is 2.78. The van der Waals surface area contributed by atoms with Crippen LogP contribution in [0.15, 0.2) is 34.0 Å². The molecule has 0 aliphatic carbocycles. The van der Waals surface area contributed by atoms with E-state index < -0.39 is 0 Å². The molecule has 2 heterocycles. The number of hydrogen-bond acceptors (Lipinski definition) is 5. The van der Waals surface area contributed by atoms with E-state index in [0.29, 0.717) is 19.0 Å². The summed E-state index contributed by atoms with van der Waals surface area (Å²) in [5, 5.41) is 7.46. The smallest absolute Gasteiger partial charge is 0.243 e. The third-order valence-corrected chi connectivity index (χ3v) is 4.61. The largest absolute Gasteiger partial charge is 0.469 e. The Morgan fingerprint density at radius 3 is 2.81 bits per heavy atom. The van der Waals surface area contributed by atoms with Crippen LogP contribution in [0.2, 0.25) is 0 Å². The zero-order chi connectivity index (χ0) is 18.1. The van der Waals surface area contributed by atoms with Crippen LogP contribution in [-0.4, -0.2) is 48.9 Å². The van der Waals surface area contributed by atoms with Gasteiger partial charge in [0.25, 0.3) is 0 Å². The molecule has 0 bridgehead atoms. The van der Waals surface area contributed by atoms with Gasteiger partial charge in [0.15, 0.2) is 5.96 Å². The third-order valence-electron chi connectivity index (χ3n) is 3.47. The number of amides is 1. The minimum Gasteiger partial charge on any atom is -0.469 e. The van der Waals surface area contributed by atoms with E-state index in [1.165, 1.54) is 9.78 Å². The Bertz CT molecular complexity index is 685. The predicted molar refractivity (Wildman–Crippen MR) is 115 cm³/mol. The molecule has 0 aliphatic rings. The van der Waals surface area contributed by atoms with Gasteiger partial charge in [-0.15, -0.1) is 35.3 Å². The van der Waals surface area contributed by atoms with Crippen molar-refractivity contribution in [1.29, 1.82) is 0 Å². The molecule has 7 nitrogen and oxygen atoms in total. The lowest BCUT2D eigenvalue weighted by molar-refractivity contribution is -0.127. The van der Waals surface area contributed by atoms with Crippen molar-refractivity contribution in [3.05, 3.63) is 40.2 Å². The molecule has 0 unspecified atom stereocenters. The standard InChI is InChI=1S/C17H25N5O2S.HI/c1-4-14-10-19-15(25-14)11-20-17(21-12-16(23)22(2)3)18-8-7-13-6-5-9-24-13;/h5-6,9-10H,4,7-8,11-12H2,1-3H3,(H2,18,20,21);1H. The molecule has 0 atom stereocenters. The summed E-state index contributed by atoms with van der Waals surface area (Å²) in [4.78, 5) is 23.3. The maximum atomic E-state index is 11.8.